The number of carbonyl (C=O) groups is 3. The Morgan fingerprint density at radius 2 is 1.92 bits per heavy atom. The van der Waals surface area contributed by atoms with Gasteiger partial charge in [-0.25, -0.2) is 4.79 Å². The minimum atomic E-state index is -1.99. The molecule has 0 bridgehead atoms. The van der Waals surface area contributed by atoms with Gasteiger partial charge in [0.15, 0.2) is 17.2 Å². The predicted molar refractivity (Wildman–Crippen MR) is 184 cm³/mol. The lowest BCUT2D eigenvalue weighted by atomic mass is 9.60. The third kappa shape index (κ3) is 7.03. The van der Waals surface area contributed by atoms with E-state index in [1.54, 1.807) is 0 Å². The third-order valence-corrected chi connectivity index (χ3v) is 13.0. The number of epoxide rings is 1. The molecule has 2 saturated carbocycles. The number of aliphatic hydroxyl groups is 2. The maximum absolute atomic E-state index is 14.7. The van der Waals surface area contributed by atoms with E-state index in [4.69, 9.17) is 15.2 Å². The fraction of sp³-hybridized carbons (Fsp3) is 0.769. The highest BCUT2D eigenvalue weighted by Gasteiger charge is 2.87. The highest BCUT2D eigenvalue weighted by Crippen LogP contribution is 2.62. The van der Waals surface area contributed by atoms with Gasteiger partial charge in [0.1, 0.15) is 18.3 Å². The van der Waals surface area contributed by atoms with E-state index >= 15 is 0 Å². The van der Waals surface area contributed by atoms with Gasteiger partial charge < -0.3 is 30.3 Å². The van der Waals surface area contributed by atoms with Gasteiger partial charge in [-0.2, -0.15) is 0 Å². The number of allylic oxidation sites excluding steroid dienone is 4. The molecule has 0 amide bonds. The van der Waals surface area contributed by atoms with E-state index in [1.807, 2.05) is 6.92 Å². The molecular formula is C39H61N3O7+2. The first kappa shape index (κ1) is 36.6. The summed E-state index contributed by atoms with van der Waals surface area (Å²) in [6.45, 7) is 5.68. The molecule has 6 rings (SSSR count). The monoisotopic (exact) mass is 683 g/mol. The first-order valence-corrected chi connectivity index (χ1v) is 19.4. The summed E-state index contributed by atoms with van der Waals surface area (Å²) in [7, 11) is 0. The number of nitrogens with two attached hydrogens (primary N) is 3. The van der Waals surface area contributed by atoms with Crippen LogP contribution in [0.1, 0.15) is 104 Å². The second-order valence-electron chi connectivity index (χ2n) is 15.9. The second-order valence-corrected chi connectivity index (χ2v) is 15.9. The molecule has 10 atom stereocenters. The molecule has 272 valence electrons. The number of carbonyl (C=O) groups excluding carboxylic acids is 3. The third-order valence-electron chi connectivity index (χ3n) is 13.0. The molecule has 0 aromatic heterocycles. The van der Waals surface area contributed by atoms with Crippen molar-refractivity contribution in [1.82, 2.24) is 0 Å². The maximum Gasteiger partial charge on any atom is 0.350 e. The van der Waals surface area contributed by atoms with Gasteiger partial charge in [0.05, 0.1) is 25.6 Å². The van der Waals surface area contributed by atoms with Crippen LogP contribution in [0.3, 0.4) is 0 Å². The SMILES string of the molecule is CC[NH2+]C1C=C2C=CCCC2CC1C(CCCO)OC(=O)C12OC1(CC(CO)=C(C)CCC1CC[NH2+]C(N)C1)C(=O)C1CCCCC1C2=O. The van der Waals surface area contributed by atoms with E-state index in [0.717, 1.165) is 76.5 Å². The van der Waals surface area contributed by atoms with Gasteiger partial charge >= 0.3 is 5.97 Å². The number of ketones is 2. The fourth-order valence-corrected chi connectivity index (χ4v) is 10.1. The van der Waals surface area contributed by atoms with E-state index in [0.29, 0.717) is 43.1 Å². The minimum Gasteiger partial charge on any atom is -0.459 e. The predicted octanol–water partition coefficient (Wildman–Crippen LogP) is 1.74. The normalized spacial score (nSPS) is 38.1. The van der Waals surface area contributed by atoms with Gasteiger partial charge in [-0.05, 0) is 107 Å². The van der Waals surface area contributed by atoms with Crippen molar-refractivity contribution in [3.63, 3.8) is 0 Å². The van der Waals surface area contributed by atoms with Crippen molar-refractivity contribution in [3.8, 4) is 0 Å². The average molecular weight is 684 g/mol. The highest BCUT2D eigenvalue weighted by molar-refractivity contribution is 6.23. The average Bonchev–Trinajstić information content (AvgIpc) is 3.82. The topological polar surface area (TPSA) is 173 Å². The van der Waals surface area contributed by atoms with Gasteiger partial charge in [-0.1, -0.05) is 30.6 Å². The Morgan fingerprint density at radius 1 is 1.14 bits per heavy atom. The van der Waals surface area contributed by atoms with Gasteiger partial charge in [0, 0.05) is 31.3 Å². The minimum absolute atomic E-state index is 0.00211. The zero-order valence-corrected chi connectivity index (χ0v) is 29.7. The molecule has 10 nitrogen and oxygen atoms in total. The van der Waals surface area contributed by atoms with E-state index in [1.165, 1.54) is 5.57 Å². The van der Waals surface area contributed by atoms with Crippen LogP contribution in [-0.2, 0) is 23.9 Å². The standard InChI is InChI=1S/C39H59N3O7/c1-3-41-32-21-27-10-5-4-9-26(27)20-31(32)33(13-8-18-43)48-37(47)39-36(46)30-12-7-6-11-29(30)35(45)38(39,49-39)22-28(23-44)24(2)14-15-25-16-17-42-34(40)19-25/h5,10,21,25-26,29-34,41-44H,3-4,6-9,11-20,22-23,40H2,1-2H3/p+2. The summed E-state index contributed by atoms with van der Waals surface area (Å²) in [6.07, 6.45) is 16.8. The van der Waals surface area contributed by atoms with Crippen molar-refractivity contribution in [2.75, 3.05) is 26.3 Å². The Balaban J connectivity index is 1.28. The Labute approximate surface area is 291 Å². The van der Waals surface area contributed by atoms with Crippen LogP contribution in [0.5, 0.6) is 0 Å². The van der Waals surface area contributed by atoms with Crippen LogP contribution in [0.4, 0.5) is 0 Å². The fourth-order valence-electron chi connectivity index (χ4n) is 10.1. The molecule has 10 unspecified atom stereocenters. The highest BCUT2D eigenvalue weighted by atomic mass is 16.7. The molecule has 6 aliphatic rings. The van der Waals surface area contributed by atoms with Crippen LogP contribution >= 0.6 is 0 Å². The molecular weight excluding hydrogens is 622 g/mol. The summed E-state index contributed by atoms with van der Waals surface area (Å²) >= 11 is 0. The molecule has 0 radical (unpaired) electrons. The quantitative estimate of drug-likeness (QED) is 0.0798. The first-order valence-electron chi connectivity index (χ1n) is 19.4. The van der Waals surface area contributed by atoms with Crippen LogP contribution in [0.15, 0.2) is 34.9 Å². The zero-order valence-electron chi connectivity index (χ0n) is 29.7. The molecule has 2 aliphatic heterocycles. The summed E-state index contributed by atoms with van der Waals surface area (Å²) < 4.78 is 12.8. The van der Waals surface area contributed by atoms with Crippen LogP contribution in [0.25, 0.3) is 0 Å². The van der Waals surface area contributed by atoms with Gasteiger partial charge in [0.2, 0.25) is 0 Å². The smallest absolute Gasteiger partial charge is 0.350 e. The van der Waals surface area contributed by atoms with E-state index in [2.05, 4.69) is 35.8 Å². The zero-order chi connectivity index (χ0) is 34.8. The van der Waals surface area contributed by atoms with E-state index in [9.17, 15) is 24.6 Å². The largest absolute Gasteiger partial charge is 0.459 e. The van der Waals surface area contributed by atoms with Crippen LogP contribution in [0, 0.1) is 29.6 Å². The number of hydrogen-bond acceptors (Lipinski definition) is 8. The van der Waals surface area contributed by atoms with Crippen molar-refractivity contribution in [3.05, 3.63) is 34.9 Å². The summed E-state index contributed by atoms with van der Waals surface area (Å²) in [4.78, 5) is 43.6. The molecule has 49 heavy (non-hydrogen) atoms. The summed E-state index contributed by atoms with van der Waals surface area (Å²) in [5, 5.41) is 24.9. The number of Topliss-reactive ketones (excluding diaryl/α,β-unsaturated/α-hetero) is 2. The Morgan fingerprint density at radius 3 is 2.63 bits per heavy atom. The van der Waals surface area contributed by atoms with Gasteiger partial charge in [-0.15, -0.1) is 0 Å². The van der Waals surface area contributed by atoms with E-state index < -0.39 is 35.1 Å². The molecule has 0 aromatic rings. The molecule has 8 N–H and O–H groups in total. The molecule has 2 saturated heterocycles. The first-order chi connectivity index (χ1) is 23.7. The van der Waals surface area contributed by atoms with Gasteiger partial charge in [-0.3, -0.25) is 15.3 Å². The Kier molecular flexibility index (Phi) is 11.6. The molecule has 10 heteroatoms. The number of fused-ring (bicyclic) bond motifs is 3. The number of rotatable bonds is 14. The Bertz CT molecular complexity index is 1340. The molecule has 0 aromatic carbocycles. The van der Waals surface area contributed by atoms with Crippen molar-refractivity contribution in [2.24, 2.45) is 35.3 Å². The number of piperidine rings is 1. The molecule has 4 aliphatic carbocycles. The van der Waals surface area contributed by atoms with Crippen molar-refractivity contribution < 1.29 is 44.7 Å². The van der Waals surface area contributed by atoms with Crippen molar-refractivity contribution in [2.45, 2.75) is 133 Å². The Hall–Kier alpha value is -2.21. The second kappa shape index (κ2) is 15.6. The van der Waals surface area contributed by atoms with Crippen molar-refractivity contribution >= 4 is 17.5 Å². The molecule has 0 spiro atoms. The lowest BCUT2D eigenvalue weighted by Gasteiger charge is -2.40. The lowest BCUT2D eigenvalue weighted by Crippen LogP contribution is -2.94. The summed E-state index contributed by atoms with van der Waals surface area (Å²) in [6, 6.07) is 0.0902. The number of hydrogen-bond donors (Lipinski definition) is 5. The molecule has 4 fully saturated rings. The summed E-state index contributed by atoms with van der Waals surface area (Å²) in [5.74, 6) is -1.39. The van der Waals surface area contributed by atoms with Crippen molar-refractivity contribution in [1.29, 1.82) is 0 Å². The number of aliphatic hydroxyl groups excluding tert-OH is 2. The maximum atomic E-state index is 14.7. The number of esters is 1. The number of ether oxygens (including phenoxy) is 2. The van der Waals surface area contributed by atoms with E-state index in [-0.39, 0.29) is 49.3 Å². The molecule has 2 heterocycles. The number of quaternary nitrogens is 2. The van der Waals surface area contributed by atoms with Crippen LogP contribution in [0.2, 0.25) is 0 Å². The summed E-state index contributed by atoms with van der Waals surface area (Å²) in [5.41, 5.74) is 5.55. The van der Waals surface area contributed by atoms with Crippen LogP contribution in [-0.4, -0.2) is 83.6 Å². The number of likely N-dealkylation sites (N-methyl/N-ethyl adjacent to an activating group) is 1. The lowest BCUT2D eigenvalue weighted by molar-refractivity contribution is -0.699. The van der Waals surface area contributed by atoms with Gasteiger partial charge in [0.25, 0.3) is 5.60 Å². The van der Waals surface area contributed by atoms with Crippen LogP contribution < -0.4 is 16.4 Å².